The molecule has 1 aromatic heterocycles. The molecule has 6 rings (SSSR count). The minimum atomic E-state index is -4.46. The van der Waals surface area contributed by atoms with Crippen LogP contribution in [0, 0.1) is 17.0 Å². The molecule has 1 fully saturated rings. The Morgan fingerprint density at radius 3 is 1.90 bits per heavy atom. The van der Waals surface area contributed by atoms with E-state index in [9.17, 15) is 28.1 Å². The van der Waals surface area contributed by atoms with Gasteiger partial charge in [0, 0.05) is 30.3 Å². The first-order valence-electron chi connectivity index (χ1n) is 15.0. The van der Waals surface area contributed by atoms with E-state index in [2.05, 4.69) is 4.98 Å². The number of aryl methyl sites for hydroxylation is 1. The molecule has 5 aromatic rings. The second-order valence-corrected chi connectivity index (χ2v) is 12.8. The Hall–Kier alpha value is -5.21. The molecule has 0 spiro atoms. The molecule has 13 heteroatoms. The number of nitro groups is 1. The number of hydrogen-bond acceptors (Lipinski definition) is 9. The molecule has 246 valence electrons. The zero-order valence-corrected chi connectivity index (χ0v) is 26.5. The van der Waals surface area contributed by atoms with Gasteiger partial charge in [0.2, 0.25) is 0 Å². The maximum atomic E-state index is 13.5. The Morgan fingerprint density at radius 1 is 0.875 bits per heavy atom. The molecule has 2 heterocycles. The van der Waals surface area contributed by atoms with Crippen molar-refractivity contribution in [2.45, 2.75) is 42.3 Å². The molecule has 0 aliphatic carbocycles. The quantitative estimate of drug-likeness (QED) is 0.0900. The molecule has 1 aliphatic heterocycles. The van der Waals surface area contributed by atoms with Gasteiger partial charge in [0.05, 0.1) is 16.4 Å². The molecule has 0 unspecified atom stereocenters. The standard InChI is InChI=1S/C35H31N3O9S/c1-24-22-37(34(40)36-33(24)39)32-21-30(47-48(43,44)29-19-17-28(18-20-29)38(41)42)31(46-32)23-45-35(25-11-5-2-6-12-25,26-13-7-3-8-14-26)27-15-9-4-10-16-27/h2-20,22,30-32H,21,23H2,1H3,(H,36,39,40)/t30-,31+,32-/m1/s1. The van der Waals surface area contributed by atoms with Gasteiger partial charge in [0.25, 0.3) is 21.4 Å². The Kier molecular flexibility index (Phi) is 9.20. The first kappa shape index (κ1) is 32.7. The molecular formula is C35H31N3O9S. The number of ether oxygens (including phenoxy) is 2. The van der Waals surface area contributed by atoms with Gasteiger partial charge in [0.1, 0.15) is 24.0 Å². The molecule has 1 saturated heterocycles. The van der Waals surface area contributed by atoms with Crippen LogP contribution >= 0.6 is 0 Å². The summed E-state index contributed by atoms with van der Waals surface area (Å²) in [5.41, 5.74) is -0.0663. The number of nitrogens with zero attached hydrogens (tertiary/aromatic N) is 2. The van der Waals surface area contributed by atoms with E-state index in [4.69, 9.17) is 13.7 Å². The van der Waals surface area contributed by atoms with E-state index < -0.39 is 50.3 Å². The number of benzene rings is 4. The number of non-ortho nitro benzene ring substituents is 1. The number of aromatic amines is 1. The summed E-state index contributed by atoms with van der Waals surface area (Å²) in [5.74, 6) is 0. The van der Waals surface area contributed by atoms with Crippen LogP contribution in [0.4, 0.5) is 5.69 Å². The highest BCUT2D eigenvalue weighted by Gasteiger charge is 2.44. The average Bonchev–Trinajstić information content (AvgIpc) is 3.49. The van der Waals surface area contributed by atoms with Crippen LogP contribution in [0.5, 0.6) is 0 Å². The summed E-state index contributed by atoms with van der Waals surface area (Å²) < 4.78 is 47.1. The lowest BCUT2D eigenvalue weighted by atomic mass is 9.80. The van der Waals surface area contributed by atoms with Gasteiger partial charge in [-0.3, -0.25) is 28.6 Å². The highest BCUT2D eigenvalue weighted by Crippen LogP contribution is 2.42. The fourth-order valence-electron chi connectivity index (χ4n) is 5.85. The topological polar surface area (TPSA) is 160 Å². The third kappa shape index (κ3) is 6.49. The summed E-state index contributed by atoms with van der Waals surface area (Å²) in [6.45, 7) is 1.35. The normalized spacial score (nSPS) is 18.1. The lowest BCUT2D eigenvalue weighted by molar-refractivity contribution is -0.384. The fraction of sp³-hybridized carbons (Fsp3) is 0.200. The molecule has 1 N–H and O–H groups in total. The first-order chi connectivity index (χ1) is 23.1. The van der Waals surface area contributed by atoms with Gasteiger partial charge in [-0.05, 0) is 35.7 Å². The lowest BCUT2D eigenvalue weighted by Gasteiger charge is -2.37. The van der Waals surface area contributed by atoms with E-state index in [0.29, 0.717) is 0 Å². The predicted octanol–water partition coefficient (Wildman–Crippen LogP) is 4.82. The molecule has 0 bridgehead atoms. The molecule has 48 heavy (non-hydrogen) atoms. The minimum Gasteiger partial charge on any atom is -0.358 e. The van der Waals surface area contributed by atoms with E-state index >= 15 is 0 Å². The highest BCUT2D eigenvalue weighted by molar-refractivity contribution is 7.86. The summed E-state index contributed by atoms with van der Waals surface area (Å²) in [6, 6.07) is 33.0. The van der Waals surface area contributed by atoms with Crippen molar-refractivity contribution < 1.29 is 27.0 Å². The number of aromatic nitrogens is 2. The molecule has 0 saturated carbocycles. The van der Waals surface area contributed by atoms with Gasteiger partial charge in [-0.15, -0.1) is 0 Å². The van der Waals surface area contributed by atoms with Gasteiger partial charge >= 0.3 is 5.69 Å². The summed E-state index contributed by atoms with van der Waals surface area (Å²) in [5, 5.41) is 11.1. The first-order valence-corrected chi connectivity index (χ1v) is 16.4. The highest BCUT2D eigenvalue weighted by atomic mass is 32.2. The van der Waals surface area contributed by atoms with Crippen molar-refractivity contribution >= 4 is 15.8 Å². The molecular weight excluding hydrogens is 638 g/mol. The van der Waals surface area contributed by atoms with Crippen molar-refractivity contribution in [2.24, 2.45) is 0 Å². The van der Waals surface area contributed by atoms with Crippen LogP contribution in [0.1, 0.15) is 34.9 Å². The Balaban J connectivity index is 1.40. The third-order valence-corrected chi connectivity index (χ3v) is 9.58. The zero-order chi connectivity index (χ0) is 33.9. The maximum absolute atomic E-state index is 13.5. The predicted molar refractivity (Wildman–Crippen MR) is 175 cm³/mol. The van der Waals surface area contributed by atoms with Crippen molar-refractivity contribution in [3.63, 3.8) is 0 Å². The summed E-state index contributed by atoms with van der Waals surface area (Å²) in [4.78, 5) is 37.4. The molecule has 0 amide bonds. The van der Waals surface area contributed by atoms with Crippen LogP contribution < -0.4 is 11.2 Å². The van der Waals surface area contributed by atoms with Crippen LogP contribution in [-0.2, 0) is 29.4 Å². The number of nitro benzene ring substituents is 1. The number of hydrogen-bond donors (Lipinski definition) is 1. The van der Waals surface area contributed by atoms with Crippen LogP contribution in [0.25, 0.3) is 0 Å². The minimum absolute atomic E-state index is 0.0966. The van der Waals surface area contributed by atoms with Gasteiger partial charge in [-0.1, -0.05) is 91.0 Å². The van der Waals surface area contributed by atoms with E-state index in [0.717, 1.165) is 41.0 Å². The smallest absolute Gasteiger partial charge is 0.330 e. The monoisotopic (exact) mass is 669 g/mol. The van der Waals surface area contributed by atoms with Gasteiger partial charge < -0.3 is 9.47 Å². The summed E-state index contributed by atoms with van der Waals surface area (Å²) in [7, 11) is -4.46. The van der Waals surface area contributed by atoms with E-state index in [1.165, 1.54) is 17.7 Å². The van der Waals surface area contributed by atoms with Crippen molar-refractivity contribution in [2.75, 3.05) is 6.61 Å². The molecule has 1 aliphatic rings. The van der Waals surface area contributed by atoms with Crippen molar-refractivity contribution in [3.8, 4) is 0 Å². The molecule has 3 atom stereocenters. The molecule has 12 nitrogen and oxygen atoms in total. The largest absolute Gasteiger partial charge is 0.358 e. The second-order valence-electron chi connectivity index (χ2n) is 11.3. The lowest BCUT2D eigenvalue weighted by Crippen LogP contribution is -2.39. The van der Waals surface area contributed by atoms with Crippen LogP contribution in [0.15, 0.2) is 136 Å². The van der Waals surface area contributed by atoms with Gasteiger partial charge in [0.15, 0.2) is 0 Å². The average molecular weight is 670 g/mol. The molecule has 4 aromatic carbocycles. The Bertz CT molecular complexity index is 2020. The SMILES string of the molecule is Cc1cn([C@H]2C[C@@H](OS(=O)(=O)c3ccc([N+](=O)[O-])cc3)[C@H](COC(c3ccccc3)(c3ccccc3)c3ccccc3)O2)c(=O)[nH]c1=O. The van der Waals surface area contributed by atoms with Crippen LogP contribution in [0.2, 0.25) is 0 Å². The number of nitrogens with one attached hydrogen (secondary N) is 1. The maximum Gasteiger partial charge on any atom is 0.330 e. The van der Waals surface area contributed by atoms with Gasteiger partial charge in [-0.25, -0.2) is 4.79 Å². The number of H-pyrrole nitrogens is 1. The summed E-state index contributed by atoms with van der Waals surface area (Å²) in [6.07, 6.45) is -1.95. The molecule has 0 radical (unpaired) electrons. The van der Waals surface area contributed by atoms with Crippen molar-refractivity contribution in [1.82, 2.24) is 9.55 Å². The second kappa shape index (κ2) is 13.5. The van der Waals surface area contributed by atoms with E-state index in [1.54, 1.807) is 0 Å². The zero-order valence-electron chi connectivity index (χ0n) is 25.7. The summed E-state index contributed by atoms with van der Waals surface area (Å²) >= 11 is 0. The van der Waals surface area contributed by atoms with Crippen molar-refractivity contribution in [3.05, 3.63) is 175 Å². The number of rotatable bonds is 11. The van der Waals surface area contributed by atoms with E-state index in [1.807, 2.05) is 91.0 Å². The van der Waals surface area contributed by atoms with Crippen LogP contribution in [-0.4, -0.2) is 41.7 Å². The fourth-order valence-corrected chi connectivity index (χ4v) is 6.96. The van der Waals surface area contributed by atoms with E-state index in [-0.39, 0.29) is 29.2 Å². The van der Waals surface area contributed by atoms with Crippen molar-refractivity contribution in [1.29, 1.82) is 0 Å². The third-order valence-electron chi connectivity index (χ3n) is 8.23. The Labute approximate surface area is 275 Å². The van der Waals surface area contributed by atoms with Crippen LogP contribution in [0.3, 0.4) is 0 Å². The van der Waals surface area contributed by atoms with Gasteiger partial charge in [-0.2, -0.15) is 8.42 Å². The Morgan fingerprint density at radius 2 is 1.40 bits per heavy atom.